The van der Waals surface area contributed by atoms with Crippen LogP contribution in [0.5, 0.6) is 0 Å². The van der Waals surface area contributed by atoms with Gasteiger partial charge in [-0.2, -0.15) is 0 Å². The molecule has 1 unspecified atom stereocenters. The van der Waals surface area contributed by atoms with Gasteiger partial charge in [0, 0.05) is 6.54 Å². The first-order valence-electron chi connectivity index (χ1n) is 10.2. The second-order valence-corrected chi connectivity index (χ2v) is 8.70. The predicted octanol–water partition coefficient (Wildman–Crippen LogP) is -0.421. The van der Waals surface area contributed by atoms with Gasteiger partial charge in [0.25, 0.3) is 0 Å². The van der Waals surface area contributed by atoms with Crippen LogP contribution in [0.1, 0.15) is 61.3 Å². The SMILES string of the molecule is CCCNC(=O)C(C)(C)NC(=O)C(C)(C)NC(=O)C(CC(C)C)NC(=O)CNC=O. The molecule has 5 N–H and O–H groups in total. The van der Waals surface area contributed by atoms with Crippen molar-refractivity contribution in [2.45, 2.75) is 78.4 Å². The first kappa shape index (κ1) is 27.4. The Kier molecular flexibility index (Phi) is 11.1. The molecule has 0 radical (unpaired) electrons. The number of nitrogens with one attached hydrogen (secondary N) is 5. The van der Waals surface area contributed by atoms with E-state index in [1.165, 1.54) is 13.8 Å². The van der Waals surface area contributed by atoms with Crippen LogP contribution in [-0.2, 0) is 24.0 Å². The van der Waals surface area contributed by atoms with E-state index < -0.39 is 34.8 Å². The van der Waals surface area contributed by atoms with Crippen LogP contribution < -0.4 is 26.6 Å². The second-order valence-electron chi connectivity index (χ2n) is 8.70. The highest BCUT2D eigenvalue weighted by atomic mass is 16.2. The number of rotatable bonds is 13. The maximum atomic E-state index is 12.8. The molecule has 5 amide bonds. The molecular formula is C20H37N5O5. The van der Waals surface area contributed by atoms with Crippen molar-refractivity contribution < 1.29 is 24.0 Å². The number of hydrogen-bond donors (Lipinski definition) is 5. The van der Waals surface area contributed by atoms with Gasteiger partial charge >= 0.3 is 0 Å². The van der Waals surface area contributed by atoms with E-state index in [2.05, 4.69) is 26.6 Å². The quantitative estimate of drug-likeness (QED) is 0.253. The largest absolute Gasteiger partial charge is 0.354 e. The molecule has 0 aromatic rings. The number of hydrogen-bond acceptors (Lipinski definition) is 5. The lowest BCUT2D eigenvalue weighted by molar-refractivity contribution is -0.138. The summed E-state index contributed by atoms with van der Waals surface area (Å²) in [4.78, 5) is 60.0. The zero-order valence-corrected chi connectivity index (χ0v) is 19.1. The van der Waals surface area contributed by atoms with Crippen LogP contribution in [0.25, 0.3) is 0 Å². The lowest BCUT2D eigenvalue weighted by Crippen LogP contribution is -2.64. The van der Waals surface area contributed by atoms with E-state index in [1.54, 1.807) is 13.8 Å². The summed E-state index contributed by atoms with van der Waals surface area (Å²) in [5.41, 5.74) is -2.50. The maximum absolute atomic E-state index is 12.8. The predicted molar refractivity (Wildman–Crippen MR) is 113 cm³/mol. The van der Waals surface area contributed by atoms with Gasteiger partial charge in [0.1, 0.15) is 17.1 Å². The fourth-order valence-electron chi connectivity index (χ4n) is 2.49. The third kappa shape index (κ3) is 9.71. The van der Waals surface area contributed by atoms with Gasteiger partial charge in [0.2, 0.25) is 30.0 Å². The Labute approximate surface area is 178 Å². The van der Waals surface area contributed by atoms with Gasteiger partial charge in [0.05, 0.1) is 6.54 Å². The summed E-state index contributed by atoms with van der Waals surface area (Å²) >= 11 is 0. The minimum Gasteiger partial charge on any atom is -0.354 e. The Bertz CT molecular complexity index is 631. The Morgan fingerprint density at radius 2 is 1.50 bits per heavy atom. The van der Waals surface area contributed by atoms with E-state index in [4.69, 9.17) is 0 Å². The molecule has 0 aromatic carbocycles. The van der Waals surface area contributed by atoms with Gasteiger partial charge in [-0.3, -0.25) is 24.0 Å². The van der Waals surface area contributed by atoms with Crippen molar-refractivity contribution in [3.63, 3.8) is 0 Å². The first-order valence-corrected chi connectivity index (χ1v) is 10.2. The molecule has 1 atom stereocenters. The van der Waals surface area contributed by atoms with Crippen molar-refractivity contribution in [1.82, 2.24) is 26.6 Å². The van der Waals surface area contributed by atoms with Gasteiger partial charge in [-0.15, -0.1) is 0 Å². The zero-order chi connectivity index (χ0) is 23.5. The van der Waals surface area contributed by atoms with Crippen molar-refractivity contribution in [1.29, 1.82) is 0 Å². The van der Waals surface area contributed by atoms with E-state index in [0.717, 1.165) is 6.42 Å². The fraction of sp³-hybridized carbons (Fsp3) is 0.750. The molecule has 0 aromatic heterocycles. The topological polar surface area (TPSA) is 146 Å². The molecule has 0 heterocycles. The van der Waals surface area contributed by atoms with E-state index >= 15 is 0 Å². The molecular weight excluding hydrogens is 390 g/mol. The highest BCUT2D eigenvalue weighted by molar-refractivity contribution is 5.97. The number of carbonyl (C=O) groups excluding carboxylic acids is 5. The highest BCUT2D eigenvalue weighted by Gasteiger charge is 2.38. The van der Waals surface area contributed by atoms with Gasteiger partial charge in [-0.1, -0.05) is 20.8 Å². The summed E-state index contributed by atoms with van der Waals surface area (Å²) in [6.45, 7) is 12.1. The van der Waals surface area contributed by atoms with Crippen molar-refractivity contribution in [2.75, 3.05) is 13.1 Å². The zero-order valence-electron chi connectivity index (χ0n) is 19.1. The molecule has 172 valence electrons. The molecule has 0 rings (SSSR count). The molecule has 0 aliphatic rings. The van der Waals surface area contributed by atoms with Crippen molar-refractivity contribution in [2.24, 2.45) is 5.92 Å². The average Bonchev–Trinajstić information content (AvgIpc) is 2.62. The summed E-state index contributed by atoms with van der Waals surface area (Å²) in [6.07, 6.45) is 1.51. The molecule has 30 heavy (non-hydrogen) atoms. The van der Waals surface area contributed by atoms with Crippen molar-refractivity contribution >= 4 is 30.0 Å². The van der Waals surface area contributed by atoms with E-state index in [-0.39, 0.29) is 18.4 Å². The van der Waals surface area contributed by atoms with Gasteiger partial charge < -0.3 is 26.6 Å². The standard InChI is InChI=1S/C20H37N5O5/c1-8-9-22-17(29)19(4,5)25-18(30)20(6,7)24-16(28)14(10-13(2)3)23-15(27)11-21-12-26/h12-14H,8-11H2,1-7H3,(H,21,26)(H,22,29)(H,23,27)(H,24,28)(H,25,30). The molecule has 10 nitrogen and oxygen atoms in total. The maximum Gasteiger partial charge on any atom is 0.246 e. The molecule has 0 fully saturated rings. The summed E-state index contributed by atoms with van der Waals surface area (Å²) in [5.74, 6) is -1.81. The molecule has 0 spiro atoms. The van der Waals surface area contributed by atoms with E-state index in [1.807, 2.05) is 20.8 Å². The Balaban J connectivity index is 5.17. The lowest BCUT2D eigenvalue weighted by Gasteiger charge is -2.33. The Morgan fingerprint density at radius 1 is 0.933 bits per heavy atom. The van der Waals surface area contributed by atoms with Crippen LogP contribution in [0.3, 0.4) is 0 Å². The average molecular weight is 428 g/mol. The summed E-state index contributed by atoms with van der Waals surface area (Å²) < 4.78 is 0. The third-order valence-corrected chi connectivity index (χ3v) is 4.24. The Morgan fingerprint density at radius 3 is 2.00 bits per heavy atom. The smallest absolute Gasteiger partial charge is 0.246 e. The molecule has 0 aliphatic heterocycles. The van der Waals surface area contributed by atoms with Crippen LogP contribution in [0.15, 0.2) is 0 Å². The second kappa shape index (κ2) is 12.1. The highest BCUT2D eigenvalue weighted by Crippen LogP contribution is 2.11. The molecule has 0 saturated heterocycles. The van der Waals surface area contributed by atoms with Gasteiger partial charge in [0.15, 0.2) is 0 Å². The van der Waals surface area contributed by atoms with Crippen LogP contribution >= 0.6 is 0 Å². The summed E-state index contributed by atoms with van der Waals surface area (Å²) in [6, 6.07) is -0.876. The van der Waals surface area contributed by atoms with Gasteiger partial charge in [-0.05, 0) is 46.5 Å². The molecule has 0 bridgehead atoms. The minimum atomic E-state index is -1.33. The van der Waals surface area contributed by atoms with Gasteiger partial charge in [-0.25, -0.2) is 0 Å². The minimum absolute atomic E-state index is 0.0956. The molecule has 10 heteroatoms. The Hall–Kier alpha value is -2.65. The number of carbonyl (C=O) groups is 5. The van der Waals surface area contributed by atoms with Crippen LogP contribution in [0, 0.1) is 5.92 Å². The molecule has 0 aliphatic carbocycles. The van der Waals surface area contributed by atoms with E-state index in [0.29, 0.717) is 19.4 Å². The summed E-state index contributed by atoms with van der Waals surface area (Å²) in [7, 11) is 0. The van der Waals surface area contributed by atoms with Crippen molar-refractivity contribution in [3.05, 3.63) is 0 Å². The van der Waals surface area contributed by atoms with Crippen LogP contribution in [0.4, 0.5) is 0 Å². The molecule has 0 saturated carbocycles. The van der Waals surface area contributed by atoms with Crippen LogP contribution in [0.2, 0.25) is 0 Å². The number of amides is 5. The fourth-order valence-corrected chi connectivity index (χ4v) is 2.49. The first-order chi connectivity index (χ1) is 13.8. The summed E-state index contributed by atoms with van der Waals surface area (Å²) in [5, 5.41) is 12.8. The van der Waals surface area contributed by atoms with E-state index in [9.17, 15) is 24.0 Å². The lowest BCUT2D eigenvalue weighted by atomic mass is 9.97. The third-order valence-electron chi connectivity index (χ3n) is 4.24. The normalized spacial score (nSPS) is 12.5. The monoisotopic (exact) mass is 427 g/mol. The van der Waals surface area contributed by atoms with Crippen LogP contribution in [-0.4, -0.2) is 60.2 Å². The van der Waals surface area contributed by atoms with Crippen molar-refractivity contribution in [3.8, 4) is 0 Å².